The zero-order valence-corrected chi connectivity index (χ0v) is 11.1. The van der Waals surface area contributed by atoms with E-state index in [9.17, 15) is 4.79 Å². The maximum absolute atomic E-state index is 12.0. The topological polar surface area (TPSA) is 71.5 Å². The predicted octanol–water partition coefficient (Wildman–Crippen LogP) is 1.98. The molecular formula is C15H16N2O3. The Hall–Kier alpha value is -2.40. The minimum Gasteiger partial charge on any atom is -0.481 e. The monoisotopic (exact) mass is 272 g/mol. The fourth-order valence-electron chi connectivity index (χ4n) is 1.66. The number of rotatable bonds is 5. The Morgan fingerprint density at radius 1 is 1.40 bits per heavy atom. The number of carbonyl (C=O) groups excluding carboxylic acids is 1. The van der Waals surface area contributed by atoms with Crippen LogP contribution in [0.25, 0.3) is 0 Å². The molecular weight excluding hydrogens is 256 g/mol. The quantitative estimate of drug-likeness (QED) is 0.873. The first-order valence-electron chi connectivity index (χ1n) is 6.26. The molecule has 0 fully saturated rings. The molecule has 1 amide bonds. The molecule has 0 aliphatic rings. The average molecular weight is 272 g/mol. The largest absolute Gasteiger partial charge is 0.481 e. The van der Waals surface area contributed by atoms with Crippen molar-refractivity contribution in [2.45, 2.75) is 19.6 Å². The van der Waals surface area contributed by atoms with Crippen molar-refractivity contribution in [3.8, 4) is 5.75 Å². The van der Waals surface area contributed by atoms with Gasteiger partial charge in [-0.1, -0.05) is 12.1 Å². The molecule has 20 heavy (non-hydrogen) atoms. The van der Waals surface area contributed by atoms with E-state index in [0.29, 0.717) is 11.4 Å². The molecule has 5 nitrogen and oxygen atoms in total. The normalized spacial score (nSPS) is 11.7. The van der Waals surface area contributed by atoms with Crippen molar-refractivity contribution in [2.75, 3.05) is 5.32 Å². The Bertz CT molecular complexity index is 572. The number of aliphatic hydroxyl groups excluding tert-OH is 1. The summed E-state index contributed by atoms with van der Waals surface area (Å²) in [4.78, 5) is 15.9. The molecule has 1 aromatic heterocycles. The lowest BCUT2D eigenvalue weighted by molar-refractivity contribution is -0.122. The number of anilines is 1. The maximum Gasteiger partial charge on any atom is 0.265 e. The number of aromatic nitrogens is 1. The first-order chi connectivity index (χ1) is 9.69. The molecule has 0 bridgehead atoms. The van der Waals surface area contributed by atoms with E-state index in [2.05, 4.69) is 10.3 Å². The van der Waals surface area contributed by atoms with Gasteiger partial charge in [0.1, 0.15) is 5.75 Å². The van der Waals surface area contributed by atoms with Crippen LogP contribution in [-0.4, -0.2) is 22.1 Å². The van der Waals surface area contributed by atoms with Crippen LogP contribution in [0.15, 0.2) is 48.8 Å². The number of hydrogen-bond acceptors (Lipinski definition) is 4. The number of ether oxygens (including phenoxy) is 1. The summed E-state index contributed by atoms with van der Waals surface area (Å²) < 4.78 is 5.55. The molecule has 104 valence electrons. The SMILES string of the molecule is CC(Oc1cccc(CO)c1)C(=O)Nc1cccnc1. The lowest BCUT2D eigenvalue weighted by atomic mass is 10.2. The second-order valence-electron chi connectivity index (χ2n) is 4.30. The number of aliphatic hydroxyl groups is 1. The Kier molecular flexibility index (Phi) is 4.68. The van der Waals surface area contributed by atoms with Gasteiger partial charge in [0.15, 0.2) is 6.10 Å². The summed E-state index contributed by atoms with van der Waals surface area (Å²) in [6, 6.07) is 10.5. The van der Waals surface area contributed by atoms with E-state index in [1.807, 2.05) is 0 Å². The van der Waals surface area contributed by atoms with Crippen molar-refractivity contribution in [1.29, 1.82) is 0 Å². The number of nitrogens with zero attached hydrogens (tertiary/aromatic N) is 1. The van der Waals surface area contributed by atoms with Crippen LogP contribution >= 0.6 is 0 Å². The van der Waals surface area contributed by atoms with Crippen LogP contribution in [0.1, 0.15) is 12.5 Å². The second kappa shape index (κ2) is 6.68. The molecule has 0 radical (unpaired) electrons. The third-order valence-electron chi connectivity index (χ3n) is 2.69. The van der Waals surface area contributed by atoms with Gasteiger partial charge in [0.05, 0.1) is 18.5 Å². The number of benzene rings is 1. The van der Waals surface area contributed by atoms with Crippen molar-refractivity contribution in [3.63, 3.8) is 0 Å². The summed E-state index contributed by atoms with van der Waals surface area (Å²) in [5.74, 6) is 0.290. The summed E-state index contributed by atoms with van der Waals surface area (Å²) >= 11 is 0. The highest BCUT2D eigenvalue weighted by atomic mass is 16.5. The average Bonchev–Trinajstić information content (AvgIpc) is 2.48. The van der Waals surface area contributed by atoms with E-state index in [-0.39, 0.29) is 12.5 Å². The summed E-state index contributed by atoms with van der Waals surface area (Å²) in [6.45, 7) is 1.60. The van der Waals surface area contributed by atoms with Crippen LogP contribution < -0.4 is 10.1 Å². The summed E-state index contributed by atoms with van der Waals surface area (Å²) in [5, 5.41) is 11.8. The number of hydrogen-bond donors (Lipinski definition) is 2. The Balaban J connectivity index is 1.97. The molecule has 0 saturated heterocycles. The highest BCUT2D eigenvalue weighted by molar-refractivity contribution is 5.93. The third kappa shape index (κ3) is 3.80. The molecule has 0 saturated carbocycles. The zero-order chi connectivity index (χ0) is 14.4. The Morgan fingerprint density at radius 2 is 2.25 bits per heavy atom. The van der Waals surface area contributed by atoms with Crippen molar-refractivity contribution in [1.82, 2.24) is 4.98 Å². The van der Waals surface area contributed by atoms with E-state index in [1.165, 1.54) is 0 Å². The fraction of sp³-hybridized carbons (Fsp3) is 0.200. The molecule has 0 spiro atoms. The Labute approximate surface area is 117 Å². The second-order valence-corrected chi connectivity index (χ2v) is 4.30. The number of amides is 1. The van der Waals surface area contributed by atoms with E-state index >= 15 is 0 Å². The van der Waals surface area contributed by atoms with Gasteiger partial charge in [-0.3, -0.25) is 9.78 Å². The molecule has 1 unspecified atom stereocenters. The maximum atomic E-state index is 12.0. The molecule has 0 aliphatic carbocycles. The van der Waals surface area contributed by atoms with Crippen LogP contribution in [0.3, 0.4) is 0 Å². The van der Waals surface area contributed by atoms with E-state index in [0.717, 1.165) is 5.56 Å². The van der Waals surface area contributed by atoms with E-state index in [1.54, 1.807) is 55.7 Å². The highest BCUT2D eigenvalue weighted by Gasteiger charge is 2.14. The third-order valence-corrected chi connectivity index (χ3v) is 2.69. The van der Waals surface area contributed by atoms with Gasteiger partial charge in [0.25, 0.3) is 5.91 Å². The van der Waals surface area contributed by atoms with Crippen LogP contribution in [-0.2, 0) is 11.4 Å². The number of nitrogens with one attached hydrogen (secondary N) is 1. The Morgan fingerprint density at radius 3 is 2.95 bits per heavy atom. The zero-order valence-electron chi connectivity index (χ0n) is 11.1. The molecule has 1 aromatic carbocycles. The minimum absolute atomic E-state index is 0.0620. The first kappa shape index (κ1) is 14.0. The molecule has 5 heteroatoms. The molecule has 2 rings (SSSR count). The lowest BCUT2D eigenvalue weighted by Crippen LogP contribution is -2.30. The summed E-state index contributed by atoms with van der Waals surface area (Å²) in [6.07, 6.45) is 2.55. The smallest absolute Gasteiger partial charge is 0.265 e. The van der Waals surface area contributed by atoms with Gasteiger partial charge in [-0.05, 0) is 36.8 Å². The molecule has 2 aromatic rings. The van der Waals surface area contributed by atoms with Gasteiger partial charge in [0.2, 0.25) is 0 Å². The minimum atomic E-state index is -0.649. The molecule has 0 aliphatic heterocycles. The van der Waals surface area contributed by atoms with Gasteiger partial charge in [0, 0.05) is 6.20 Å². The van der Waals surface area contributed by atoms with Crippen LogP contribution in [0, 0.1) is 0 Å². The van der Waals surface area contributed by atoms with Crippen molar-refractivity contribution < 1.29 is 14.6 Å². The lowest BCUT2D eigenvalue weighted by Gasteiger charge is -2.15. The molecule has 2 N–H and O–H groups in total. The van der Waals surface area contributed by atoms with Gasteiger partial charge in [-0.25, -0.2) is 0 Å². The predicted molar refractivity (Wildman–Crippen MR) is 75.3 cm³/mol. The van der Waals surface area contributed by atoms with Gasteiger partial charge >= 0.3 is 0 Å². The number of pyridine rings is 1. The summed E-state index contributed by atoms with van der Waals surface area (Å²) in [5.41, 5.74) is 1.36. The summed E-state index contributed by atoms with van der Waals surface area (Å²) in [7, 11) is 0. The first-order valence-corrected chi connectivity index (χ1v) is 6.26. The van der Waals surface area contributed by atoms with Crippen LogP contribution in [0.5, 0.6) is 5.75 Å². The van der Waals surface area contributed by atoms with Gasteiger partial charge in [-0.15, -0.1) is 0 Å². The van der Waals surface area contributed by atoms with Gasteiger partial charge in [-0.2, -0.15) is 0 Å². The van der Waals surface area contributed by atoms with Crippen LogP contribution in [0.4, 0.5) is 5.69 Å². The standard InChI is InChI=1S/C15H16N2O3/c1-11(15(19)17-13-5-3-7-16-9-13)20-14-6-2-4-12(8-14)10-18/h2-9,11,18H,10H2,1H3,(H,17,19). The molecule has 1 atom stereocenters. The highest BCUT2D eigenvalue weighted by Crippen LogP contribution is 2.15. The van der Waals surface area contributed by atoms with Crippen molar-refractivity contribution in [3.05, 3.63) is 54.4 Å². The number of carbonyl (C=O) groups is 1. The van der Waals surface area contributed by atoms with E-state index < -0.39 is 6.10 Å². The van der Waals surface area contributed by atoms with Crippen molar-refractivity contribution in [2.24, 2.45) is 0 Å². The fourth-order valence-corrected chi connectivity index (χ4v) is 1.66. The molecule has 1 heterocycles. The van der Waals surface area contributed by atoms with Gasteiger partial charge < -0.3 is 15.2 Å². The van der Waals surface area contributed by atoms with E-state index in [4.69, 9.17) is 9.84 Å². The van der Waals surface area contributed by atoms with Crippen molar-refractivity contribution >= 4 is 11.6 Å². The van der Waals surface area contributed by atoms with Crippen LogP contribution in [0.2, 0.25) is 0 Å².